The number of hydrogen-bond donors (Lipinski definition) is 0. The van der Waals surface area contributed by atoms with E-state index < -0.39 is 0 Å². The Bertz CT molecular complexity index is 564. The van der Waals surface area contributed by atoms with Gasteiger partial charge in [-0.05, 0) is 32.1 Å². The van der Waals surface area contributed by atoms with Crippen LogP contribution < -0.4 is 0 Å². The van der Waals surface area contributed by atoms with Crippen molar-refractivity contribution in [1.82, 2.24) is 0 Å². The average Bonchev–Trinajstić information content (AvgIpc) is 3.02. The van der Waals surface area contributed by atoms with E-state index in [1.807, 2.05) is 30.3 Å². The van der Waals surface area contributed by atoms with E-state index in [2.05, 4.69) is 19.9 Å². The lowest BCUT2D eigenvalue weighted by Gasteiger charge is -2.30. The van der Waals surface area contributed by atoms with Gasteiger partial charge in [0.25, 0.3) is 0 Å². The first-order valence-corrected chi connectivity index (χ1v) is 8.66. The van der Waals surface area contributed by atoms with Crippen molar-refractivity contribution in [2.75, 3.05) is 6.61 Å². The molecular formula is C20H26O3. The number of hydrogen-bond acceptors (Lipinski definition) is 3. The Kier molecular flexibility index (Phi) is 5.29. The normalized spacial score (nSPS) is 31.0. The minimum Gasteiger partial charge on any atom is -0.350 e. The number of Topliss-reactive ketones (excluding diaryl/α,β-unsaturated/α-hetero) is 1. The van der Waals surface area contributed by atoms with Gasteiger partial charge in [0.1, 0.15) is 0 Å². The number of benzene rings is 1. The van der Waals surface area contributed by atoms with Crippen LogP contribution in [0.3, 0.4) is 0 Å². The predicted molar refractivity (Wildman–Crippen MR) is 90.3 cm³/mol. The fraction of sp³-hybridized carbons (Fsp3) is 0.550. The summed E-state index contributed by atoms with van der Waals surface area (Å²) in [4.78, 5) is 12.2. The van der Waals surface area contributed by atoms with Gasteiger partial charge in [-0.15, -0.1) is 0 Å². The molecule has 1 aromatic rings. The van der Waals surface area contributed by atoms with Crippen molar-refractivity contribution < 1.29 is 14.3 Å². The highest BCUT2D eigenvalue weighted by molar-refractivity contribution is 5.95. The molecule has 124 valence electrons. The minimum atomic E-state index is -0.105. The molecule has 3 unspecified atom stereocenters. The largest absolute Gasteiger partial charge is 0.350 e. The molecule has 0 amide bonds. The van der Waals surface area contributed by atoms with Gasteiger partial charge < -0.3 is 9.47 Å². The minimum absolute atomic E-state index is 0.0480. The highest BCUT2D eigenvalue weighted by atomic mass is 16.7. The van der Waals surface area contributed by atoms with E-state index in [0.29, 0.717) is 24.9 Å². The Hall–Kier alpha value is -1.45. The lowest BCUT2D eigenvalue weighted by atomic mass is 9.82. The van der Waals surface area contributed by atoms with Crippen LogP contribution in [0.15, 0.2) is 42.0 Å². The van der Waals surface area contributed by atoms with Crippen LogP contribution in [0.2, 0.25) is 0 Å². The quantitative estimate of drug-likeness (QED) is 0.597. The van der Waals surface area contributed by atoms with Crippen LogP contribution in [0.4, 0.5) is 0 Å². The molecule has 1 aliphatic carbocycles. The monoisotopic (exact) mass is 314 g/mol. The number of rotatable bonds is 5. The molecular weight excluding hydrogens is 288 g/mol. The fourth-order valence-electron chi connectivity index (χ4n) is 3.60. The Morgan fingerprint density at radius 2 is 2.04 bits per heavy atom. The molecule has 23 heavy (non-hydrogen) atoms. The van der Waals surface area contributed by atoms with E-state index >= 15 is 0 Å². The summed E-state index contributed by atoms with van der Waals surface area (Å²) in [6, 6.07) is 9.47. The third-order valence-corrected chi connectivity index (χ3v) is 5.01. The molecule has 3 heteroatoms. The van der Waals surface area contributed by atoms with E-state index in [9.17, 15) is 4.79 Å². The predicted octanol–water partition coefficient (Wildman–Crippen LogP) is 4.38. The van der Waals surface area contributed by atoms with Crippen molar-refractivity contribution in [3.63, 3.8) is 0 Å². The Morgan fingerprint density at radius 3 is 2.78 bits per heavy atom. The zero-order chi connectivity index (χ0) is 16.2. The summed E-state index contributed by atoms with van der Waals surface area (Å²) in [6.45, 7) is 5.05. The molecule has 3 rings (SSSR count). The van der Waals surface area contributed by atoms with Crippen LogP contribution in [-0.2, 0) is 9.47 Å². The van der Waals surface area contributed by atoms with Crippen LogP contribution in [-0.4, -0.2) is 24.8 Å². The summed E-state index contributed by atoms with van der Waals surface area (Å²) in [6.07, 6.45) is 5.80. The molecule has 1 saturated heterocycles. The summed E-state index contributed by atoms with van der Waals surface area (Å²) >= 11 is 0. The summed E-state index contributed by atoms with van der Waals surface area (Å²) in [7, 11) is 0. The lowest BCUT2D eigenvalue weighted by Crippen LogP contribution is -2.29. The second kappa shape index (κ2) is 7.41. The first-order chi connectivity index (χ1) is 11.1. The van der Waals surface area contributed by atoms with Gasteiger partial charge in [-0.2, -0.15) is 0 Å². The van der Waals surface area contributed by atoms with Gasteiger partial charge in [0.05, 0.1) is 12.7 Å². The summed E-state index contributed by atoms with van der Waals surface area (Å²) in [5, 5.41) is 0. The Labute approximate surface area is 138 Å². The van der Waals surface area contributed by atoms with Crippen molar-refractivity contribution in [2.24, 2.45) is 11.8 Å². The maximum absolute atomic E-state index is 12.2. The molecule has 0 N–H and O–H groups in total. The molecule has 0 bridgehead atoms. The number of ether oxygens (including phenoxy) is 2. The van der Waals surface area contributed by atoms with Crippen LogP contribution in [0, 0.1) is 11.8 Å². The van der Waals surface area contributed by atoms with Crippen LogP contribution in [0.25, 0.3) is 0 Å². The molecule has 4 atom stereocenters. The number of carbonyl (C=O) groups excluding carboxylic acids is 1. The number of carbonyl (C=O) groups is 1. The van der Waals surface area contributed by atoms with Gasteiger partial charge in [0.2, 0.25) is 0 Å². The number of allylic oxidation sites excluding steroid dienone is 2. The zero-order valence-electron chi connectivity index (χ0n) is 14.0. The second-order valence-electron chi connectivity index (χ2n) is 6.86. The van der Waals surface area contributed by atoms with E-state index in [4.69, 9.17) is 9.47 Å². The third-order valence-electron chi connectivity index (χ3n) is 5.01. The van der Waals surface area contributed by atoms with Gasteiger partial charge in [-0.25, -0.2) is 0 Å². The van der Waals surface area contributed by atoms with Crippen molar-refractivity contribution in [1.29, 1.82) is 0 Å². The van der Waals surface area contributed by atoms with Crippen LogP contribution >= 0.6 is 0 Å². The van der Waals surface area contributed by atoms with E-state index in [1.165, 1.54) is 5.57 Å². The van der Waals surface area contributed by atoms with Crippen molar-refractivity contribution in [3.05, 3.63) is 47.5 Å². The van der Waals surface area contributed by atoms with Crippen LogP contribution in [0.1, 0.15) is 49.9 Å². The molecule has 1 heterocycles. The van der Waals surface area contributed by atoms with Gasteiger partial charge in [0, 0.05) is 17.9 Å². The molecule has 1 aromatic carbocycles. The average molecular weight is 314 g/mol. The van der Waals surface area contributed by atoms with E-state index in [1.54, 1.807) is 0 Å². The molecule has 1 aliphatic heterocycles. The smallest absolute Gasteiger partial charge is 0.162 e. The SMILES string of the molecule is CC1=C[C@@H](C)C(C2OCC(CCC(=O)c3ccccc3)O2)CC1. The first-order valence-electron chi connectivity index (χ1n) is 8.66. The topological polar surface area (TPSA) is 35.5 Å². The van der Waals surface area contributed by atoms with Gasteiger partial charge in [-0.1, -0.05) is 48.9 Å². The summed E-state index contributed by atoms with van der Waals surface area (Å²) in [5.41, 5.74) is 2.25. The summed E-state index contributed by atoms with van der Waals surface area (Å²) in [5.74, 6) is 1.12. The first kappa shape index (κ1) is 16.4. The molecule has 3 nitrogen and oxygen atoms in total. The molecule has 0 aromatic heterocycles. The van der Waals surface area contributed by atoms with Crippen molar-refractivity contribution in [2.45, 2.75) is 51.9 Å². The molecule has 2 aliphatic rings. The Morgan fingerprint density at radius 1 is 1.26 bits per heavy atom. The maximum atomic E-state index is 12.2. The zero-order valence-corrected chi connectivity index (χ0v) is 14.0. The number of ketones is 1. The highest BCUT2D eigenvalue weighted by Gasteiger charge is 2.36. The Balaban J connectivity index is 1.48. The third kappa shape index (κ3) is 4.10. The van der Waals surface area contributed by atoms with Crippen molar-refractivity contribution >= 4 is 5.78 Å². The highest BCUT2D eigenvalue weighted by Crippen LogP contribution is 2.35. The van der Waals surface area contributed by atoms with Crippen molar-refractivity contribution in [3.8, 4) is 0 Å². The second-order valence-corrected chi connectivity index (χ2v) is 6.86. The van der Waals surface area contributed by atoms with E-state index in [0.717, 1.165) is 24.8 Å². The fourth-order valence-corrected chi connectivity index (χ4v) is 3.60. The maximum Gasteiger partial charge on any atom is 0.162 e. The van der Waals surface area contributed by atoms with Crippen LogP contribution in [0.5, 0.6) is 0 Å². The molecule has 0 radical (unpaired) electrons. The van der Waals surface area contributed by atoms with Gasteiger partial charge in [-0.3, -0.25) is 4.79 Å². The molecule has 0 saturated carbocycles. The molecule has 0 spiro atoms. The molecule has 1 fully saturated rings. The van der Waals surface area contributed by atoms with Gasteiger partial charge >= 0.3 is 0 Å². The van der Waals surface area contributed by atoms with Gasteiger partial charge in [0.15, 0.2) is 12.1 Å². The standard InChI is InChI=1S/C20H26O3/c1-14-8-10-18(15(2)12-14)20-22-13-17(23-20)9-11-19(21)16-6-4-3-5-7-16/h3-7,12,15,17-18,20H,8-11,13H2,1-2H3/t15-,17?,18?,20?/m1/s1. The lowest BCUT2D eigenvalue weighted by molar-refractivity contribution is -0.109. The van der Waals surface area contributed by atoms with E-state index in [-0.39, 0.29) is 18.2 Å². The summed E-state index contributed by atoms with van der Waals surface area (Å²) < 4.78 is 12.0.